The van der Waals surface area contributed by atoms with Crippen LogP contribution in [0.5, 0.6) is 0 Å². The van der Waals surface area contributed by atoms with Gasteiger partial charge in [0.05, 0.1) is 16.2 Å². The van der Waals surface area contributed by atoms with E-state index in [1.165, 1.54) is 19.3 Å². The number of anilines is 1. The summed E-state index contributed by atoms with van der Waals surface area (Å²) in [5, 5.41) is 5.50. The number of benzene rings is 1. The topological polar surface area (TPSA) is 24.9 Å². The van der Waals surface area contributed by atoms with Crippen LogP contribution in [0.2, 0.25) is 5.02 Å². The van der Waals surface area contributed by atoms with E-state index in [2.05, 4.69) is 30.2 Å². The summed E-state index contributed by atoms with van der Waals surface area (Å²) in [6, 6.07) is 8.52. The third-order valence-corrected chi connectivity index (χ3v) is 4.84. The van der Waals surface area contributed by atoms with Crippen molar-refractivity contribution in [1.82, 2.24) is 4.98 Å². The van der Waals surface area contributed by atoms with E-state index in [1.807, 2.05) is 24.4 Å². The molecular weight excluding hydrogens is 268 g/mol. The Balaban J connectivity index is 1.93. The Bertz CT molecular complexity index is 611. The Morgan fingerprint density at radius 3 is 2.90 bits per heavy atom. The minimum Gasteiger partial charge on any atom is -0.380 e. The number of nitrogens with zero attached hydrogens (tertiary/aromatic N) is 1. The number of aromatic nitrogens is 1. The number of hydrogen-bond donors (Lipinski definition) is 1. The molecule has 3 unspecified atom stereocenters. The van der Waals surface area contributed by atoms with Crippen LogP contribution in [-0.4, -0.2) is 11.0 Å². The number of rotatable bonds is 2. The predicted molar refractivity (Wildman–Crippen MR) is 86.3 cm³/mol. The Kier molecular flexibility index (Phi) is 3.84. The summed E-state index contributed by atoms with van der Waals surface area (Å²) >= 11 is 6.26. The first-order valence-corrected chi connectivity index (χ1v) is 7.82. The van der Waals surface area contributed by atoms with Crippen LogP contribution in [0.3, 0.4) is 0 Å². The number of hydrogen-bond acceptors (Lipinski definition) is 2. The zero-order valence-electron chi connectivity index (χ0n) is 12.1. The van der Waals surface area contributed by atoms with E-state index < -0.39 is 0 Å². The zero-order chi connectivity index (χ0) is 14.1. The lowest BCUT2D eigenvalue weighted by Gasteiger charge is -2.34. The molecule has 106 valence electrons. The van der Waals surface area contributed by atoms with Crippen LogP contribution in [0.25, 0.3) is 10.9 Å². The molecule has 2 aromatic rings. The molecule has 0 spiro atoms. The molecule has 1 heterocycles. The zero-order valence-corrected chi connectivity index (χ0v) is 12.8. The molecule has 3 atom stereocenters. The second kappa shape index (κ2) is 5.61. The minimum absolute atomic E-state index is 0.533. The third kappa shape index (κ3) is 2.62. The lowest BCUT2D eigenvalue weighted by molar-refractivity contribution is 0.281. The number of nitrogens with one attached hydrogen (secondary N) is 1. The number of pyridine rings is 1. The second-order valence-corrected chi connectivity index (χ2v) is 6.55. The first kappa shape index (κ1) is 13.7. The molecular formula is C17H21ClN2. The van der Waals surface area contributed by atoms with Gasteiger partial charge in [-0.25, -0.2) is 0 Å². The van der Waals surface area contributed by atoms with Gasteiger partial charge in [-0.05, 0) is 48.9 Å². The van der Waals surface area contributed by atoms with Crippen molar-refractivity contribution in [1.29, 1.82) is 0 Å². The fraction of sp³-hybridized carbons (Fsp3) is 0.471. The molecule has 1 aliphatic carbocycles. The molecule has 0 radical (unpaired) electrons. The smallest absolute Gasteiger partial charge is 0.0948 e. The maximum atomic E-state index is 6.26. The summed E-state index contributed by atoms with van der Waals surface area (Å²) in [6.45, 7) is 4.69. The molecule has 1 aromatic heterocycles. The van der Waals surface area contributed by atoms with Crippen molar-refractivity contribution in [2.24, 2.45) is 11.8 Å². The van der Waals surface area contributed by atoms with Gasteiger partial charge in [-0.1, -0.05) is 31.9 Å². The van der Waals surface area contributed by atoms with Gasteiger partial charge in [-0.15, -0.1) is 0 Å². The van der Waals surface area contributed by atoms with Gasteiger partial charge in [0, 0.05) is 17.6 Å². The highest BCUT2D eigenvalue weighted by atomic mass is 35.5. The molecule has 3 heteroatoms. The molecule has 1 saturated carbocycles. The van der Waals surface area contributed by atoms with E-state index >= 15 is 0 Å². The molecule has 0 bridgehead atoms. The van der Waals surface area contributed by atoms with Crippen LogP contribution in [0, 0.1) is 11.8 Å². The van der Waals surface area contributed by atoms with Gasteiger partial charge in [-0.2, -0.15) is 0 Å². The molecule has 1 aliphatic rings. The highest BCUT2D eigenvalue weighted by Gasteiger charge is 2.25. The minimum atomic E-state index is 0.533. The SMILES string of the molecule is CC1CCC(C)C(Nc2ccc(Cl)c3cccnc23)C1. The fourth-order valence-electron chi connectivity index (χ4n) is 3.19. The van der Waals surface area contributed by atoms with Crippen LogP contribution in [-0.2, 0) is 0 Å². The fourth-order valence-corrected chi connectivity index (χ4v) is 3.40. The quantitative estimate of drug-likeness (QED) is 0.829. The van der Waals surface area contributed by atoms with Crippen molar-refractivity contribution in [2.75, 3.05) is 5.32 Å². The normalized spacial score (nSPS) is 26.6. The van der Waals surface area contributed by atoms with Gasteiger partial charge >= 0.3 is 0 Å². The van der Waals surface area contributed by atoms with E-state index in [0.29, 0.717) is 12.0 Å². The standard InChI is InChI=1S/C17H21ClN2/c1-11-5-6-12(2)16(10-11)20-15-8-7-14(18)13-4-3-9-19-17(13)15/h3-4,7-9,11-12,16,20H,5-6,10H2,1-2H3. The van der Waals surface area contributed by atoms with Gasteiger partial charge < -0.3 is 5.32 Å². The Labute approximate surface area is 125 Å². The van der Waals surface area contributed by atoms with Crippen molar-refractivity contribution in [3.05, 3.63) is 35.5 Å². The highest BCUT2D eigenvalue weighted by Crippen LogP contribution is 2.33. The van der Waals surface area contributed by atoms with Crippen LogP contribution >= 0.6 is 11.6 Å². The van der Waals surface area contributed by atoms with Crippen molar-refractivity contribution >= 4 is 28.2 Å². The predicted octanol–water partition coefficient (Wildman–Crippen LogP) is 5.12. The summed E-state index contributed by atoms with van der Waals surface area (Å²) < 4.78 is 0. The lowest BCUT2D eigenvalue weighted by Crippen LogP contribution is -2.33. The summed E-state index contributed by atoms with van der Waals surface area (Å²) in [6.07, 6.45) is 5.71. The van der Waals surface area contributed by atoms with E-state index in [-0.39, 0.29) is 0 Å². The Morgan fingerprint density at radius 1 is 1.20 bits per heavy atom. The number of fused-ring (bicyclic) bond motifs is 1. The summed E-state index contributed by atoms with van der Waals surface area (Å²) in [7, 11) is 0. The van der Waals surface area contributed by atoms with Crippen LogP contribution in [0.1, 0.15) is 33.1 Å². The van der Waals surface area contributed by atoms with Gasteiger partial charge in [0.1, 0.15) is 0 Å². The van der Waals surface area contributed by atoms with E-state index in [4.69, 9.17) is 11.6 Å². The van der Waals surface area contributed by atoms with Gasteiger partial charge in [0.2, 0.25) is 0 Å². The summed E-state index contributed by atoms with van der Waals surface area (Å²) in [5.74, 6) is 1.51. The molecule has 2 nitrogen and oxygen atoms in total. The molecule has 3 rings (SSSR count). The number of halogens is 1. The molecule has 0 aliphatic heterocycles. The van der Waals surface area contributed by atoms with Gasteiger partial charge in [0.15, 0.2) is 0 Å². The first-order chi connectivity index (χ1) is 9.65. The second-order valence-electron chi connectivity index (χ2n) is 6.14. The molecule has 1 aromatic carbocycles. The third-order valence-electron chi connectivity index (χ3n) is 4.52. The van der Waals surface area contributed by atoms with Crippen molar-refractivity contribution < 1.29 is 0 Å². The average Bonchev–Trinajstić information content (AvgIpc) is 2.46. The van der Waals surface area contributed by atoms with Crippen LogP contribution in [0.4, 0.5) is 5.69 Å². The Hall–Kier alpha value is -1.28. The molecule has 1 fully saturated rings. The summed E-state index contributed by atoms with van der Waals surface area (Å²) in [5.41, 5.74) is 2.08. The van der Waals surface area contributed by atoms with E-state index in [9.17, 15) is 0 Å². The van der Waals surface area contributed by atoms with Crippen molar-refractivity contribution in [3.63, 3.8) is 0 Å². The van der Waals surface area contributed by atoms with Crippen molar-refractivity contribution in [2.45, 2.75) is 39.2 Å². The Morgan fingerprint density at radius 2 is 2.05 bits per heavy atom. The monoisotopic (exact) mass is 288 g/mol. The molecule has 20 heavy (non-hydrogen) atoms. The van der Waals surface area contributed by atoms with Crippen LogP contribution in [0.15, 0.2) is 30.5 Å². The maximum Gasteiger partial charge on any atom is 0.0948 e. The molecule has 1 N–H and O–H groups in total. The van der Waals surface area contributed by atoms with E-state index in [0.717, 1.165) is 27.5 Å². The molecule has 0 saturated heterocycles. The van der Waals surface area contributed by atoms with Crippen molar-refractivity contribution in [3.8, 4) is 0 Å². The lowest BCUT2D eigenvalue weighted by atomic mass is 9.80. The van der Waals surface area contributed by atoms with Gasteiger partial charge in [-0.3, -0.25) is 4.98 Å². The average molecular weight is 289 g/mol. The maximum absolute atomic E-state index is 6.26. The highest BCUT2D eigenvalue weighted by molar-refractivity contribution is 6.35. The van der Waals surface area contributed by atoms with Crippen LogP contribution < -0.4 is 5.32 Å². The van der Waals surface area contributed by atoms with Gasteiger partial charge in [0.25, 0.3) is 0 Å². The summed E-state index contributed by atoms with van der Waals surface area (Å²) in [4.78, 5) is 4.50. The molecule has 0 amide bonds. The largest absolute Gasteiger partial charge is 0.380 e. The van der Waals surface area contributed by atoms with E-state index in [1.54, 1.807) is 0 Å². The first-order valence-electron chi connectivity index (χ1n) is 7.45.